The third-order valence-corrected chi connectivity index (χ3v) is 3.90. The minimum absolute atomic E-state index is 0.0244. The average Bonchev–Trinajstić information content (AvgIpc) is 2.89. The molecule has 100 valence electrons. The Kier molecular flexibility index (Phi) is 2.82. The van der Waals surface area contributed by atoms with Crippen LogP contribution in [0.4, 0.5) is 0 Å². The lowest BCUT2D eigenvalue weighted by atomic mass is 9.99. The number of carbonyl (C=O) groups excluding carboxylic acids is 1. The molecule has 2 aromatic rings. The van der Waals surface area contributed by atoms with Crippen LogP contribution in [0.1, 0.15) is 31.9 Å². The molecule has 0 spiro atoms. The Bertz CT molecular complexity index is 617. The fourth-order valence-electron chi connectivity index (χ4n) is 3.11. The molecule has 19 heavy (non-hydrogen) atoms. The standard InChI is InChI=1S/C15H19N3O/c1-9(2)18-14(19)7-12(16)15(18)11-8-17-13-6-4-3-5-10(11)13/h3-6,8-9,12,15,17H,7,16H2,1-2H3. The molecule has 4 nitrogen and oxygen atoms in total. The Hall–Kier alpha value is -1.81. The van der Waals surface area contributed by atoms with Gasteiger partial charge in [-0.25, -0.2) is 0 Å². The number of aromatic nitrogens is 1. The average molecular weight is 257 g/mol. The molecule has 1 aliphatic rings. The Morgan fingerprint density at radius 3 is 2.84 bits per heavy atom. The monoisotopic (exact) mass is 257 g/mol. The van der Waals surface area contributed by atoms with Gasteiger partial charge in [-0.1, -0.05) is 18.2 Å². The van der Waals surface area contributed by atoms with Gasteiger partial charge < -0.3 is 15.6 Å². The van der Waals surface area contributed by atoms with Crippen LogP contribution >= 0.6 is 0 Å². The van der Waals surface area contributed by atoms with Gasteiger partial charge in [0.05, 0.1) is 6.04 Å². The molecule has 0 saturated carbocycles. The Morgan fingerprint density at radius 2 is 2.11 bits per heavy atom. The normalized spacial score (nSPS) is 23.8. The van der Waals surface area contributed by atoms with Crippen LogP contribution in [0.2, 0.25) is 0 Å². The van der Waals surface area contributed by atoms with Gasteiger partial charge in [-0.05, 0) is 19.9 Å². The first-order valence-electron chi connectivity index (χ1n) is 6.72. The molecule has 1 amide bonds. The molecular formula is C15H19N3O. The maximum Gasteiger partial charge on any atom is 0.225 e. The van der Waals surface area contributed by atoms with Crippen LogP contribution in [-0.2, 0) is 4.79 Å². The molecular weight excluding hydrogens is 238 g/mol. The Labute approximate surface area is 112 Å². The summed E-state index contributed by atoms with van der Waals surface area (Å²) in [6.07, 6.45) is 2.42. The van der Waals surface area contributed by atoms with E-state index < -0.39 is 0 Å². The fourth-order valence-corrected chi connectivity index (χ4v) is 3.11. The van der Waals surface area contributed by atoms with Crippen LogP contribution in [0.3, 0.4) is 0 Å². The SMILES string of the molecule is CC(C)N1C(=O)CC(N)C1c1c[nH]c2ccccc12. The highest BCUT2D eigenvalue weighted by atomic mass is 16.2. The highest BCUT2D eigenvalue weighted by molar-refractivity contribution is 5.86. The molecule has 2 atom stereocenters. The number of para-hydroxylation sites is 1. The Balaban J connectivity index is 2.11. The van der Waals surface area contributed by atoms with Gasteiger partial charge in [-0.2, -0.15) is 0 Å². The number of fused-ring (bicyclic) bond motifs is 1. The summed E-state index contributed by atoms with van der Waals surface area (Å²) in [7, 11) is 0. The van der Waals surface area contributed by atoms with Gasteiger partial charge >= 0.3 is 0 Å². The largest absolute Gasteiger partial charge is 0.361 e. The zero-order valence-electron chi connectivity index (χ0n) is 11.3. The molecule has 1 fully saturated rings. The lowest BCUT2D eigenvalue weighted by Crippen LogP contribution is -2.37. The van der Waals surface area contributed by atoms with Crippen molar-refractivity contribution in [1.29, 1.82) is 0 Å². The first-order valence-corrected chi connectivity index (χ1v) is 6.72. The number of aromatic amines is 1. The second-order valence-electron chi connectivity index (χ2n) is 5.50. The highest BCUT2D eigenvalue weighted by Crippen LogP contribution is 2.37. The van der Waals surface area contributed by atoms with E-state index in [9.17, 15) is 4.79 Å². The van der Waals surface area contributed by atoms with E-state index in [4.69, 9.17) is 5.73 Å². The van der Waals surface area contributed by atoms with Crippen molar-refractivity contribution < 1.29 is 4.79 Å². The summed E-state index contributed by atoms with van der Waals surface area (Å²) in [5, 5.41) is 1.16. The number of rotatable bonds is 2. The highest BCUT2D eigenvalue weighted by Gasteiger charge is 2.40. The number of hydrogen-bond acceptors (Lipinski definition) is 2. The van der Waals surface area contributed by atoms with Crippen molar-refractivity contribution >= 4 is 16.8 Å². The number of amides is 1. The number of hydrogen-bond donors (Lipinski definition) is 2. The summed E-state index contributed by atoms with van der Waals surface area (Å²) in [4.78, 5) is 17.3. The number of carbonyl (C=O) groups is 1. The van der Waals surface area contributed by atoms with Crippen LogP contribution in [0, 0.1) is 0 Å². The molecule has 0 aliphatic carbocycles. The molecule has 2 unspecified atom stereocenters. The van der Waals surface area contributed by atoms with Crippen LogP contribution in [0.25, 0.3) is 10.9 Å². The van der Waals surface area contributed by atoms with E-state index in [2.05, 4.69) is 11.1 Å². The van der Waals surface area contributed by atoms with E-state index in [-0.39, 0.29) is 24.0 Å². The molecule has 0 bridgehead atoms. The van der Waals surface area contributed by atoms with E-state index in [0.29, 0.717) is 6.42 Å². The van der Waals surface area contributed by atoms with Crippen molar-refractivity contribution in [2.45, 2.75) is 38.4 Å². The third kappa shape index (κ3) is 1.83. The molecule has 3 N–H and O–H groups in total. The van der Waals surface area contributed by atoms with Crippen LogP contribution in [0.5, 0.6) is 0 Å². The third-order valence-electron chi connectivity index (χ3n) is 3.90. The van der Waals surface area contributed by atoms with E-state index in [1.165, 1.54) is 0 Å². The van der Waals surface area contributed by atoms with Crippen LogP contribution < -0.4 is 5.73 Å². The minimum atomic E-state index is -0.130. The van der Waals surface area contributed by atoms with Crippen LogP contribution in [0.15, 0.2) is 30.5 Å². The number of nitrogens with one attached hydrogen (secondary N) is 1. The van der Waals surface area contributed by atoms with Gasteiger partial charge in [-0.3, -0.25) is 4.79 Å². The summed E-state index contributed by atoms with van der Waals surface area (Å²) in [6, 6.07) is 8.15. The predicted octanol–water partition coefficient (Wildman–Crippen LogP) is 2.18. The molecule has 4 heteroatoms. The lowest BCUT2D eigenvalue weighted by molar-refractivity contribution is -0.130. The molecule has 1 aromatic heterocycles. The van der Waals surface area contributed by atoms with Gasteiger partial charge in [0, 0.05) is 41.2 Å². The van der Waals surface area contributed by atoms with E-state index >= 15 is 0 Å². The predicted molar refractivity (Wildman–Crippen MR) is 75.6 cm³/mol. The number of H-pyrrole nitrogens is 1. The molecule has 1 aliphatic heterocycles. The minimum Gasteiger partial charge on any atom is -0.361 e. The van der Waals surface area contributed by atoms with Gasteiger partial charge in [0.1, 0.15) is 0 Å². The molecule has 0 radical (unpaired) electrons. The number of benzene rings is 1. The van der Waals surface area contributed by atoms with Gasteiger partial charge in [0.25, 0.3) is 0 Å². The van der Waals surface area contributed by atoms with Crippen molar-refractivity contribution in [3.63, 3.8) is 0 Å². The van der Waals surface area contributed by atoms with Crippen molar-refractivity contribution in [3.8, 4) is 0 Å². The fraction of sp³-hybridized carbons (Fsp3) is 0.400. The molecule has 2 heterocycles. The van der Waals surface area contributed by atoms with Crippen molar-refractivity contribution in [2.24, 2.45) is 5.73 Å². The Morgan fingerprint density at radius 1 is 1.37 bits per heavy atom. The van der Waals surface area contributed by atoms with E-state index in [1.807, 2.05) is 43.1 Å². The maximum atomic E-state index is 12.1. The zero-order chi connectivity index (χ0) is 13.6. The second kappa shape index (κ2) is 4.38. The van der Waals surface area contributed by atoms with E-state index in [1.54, 1.807) is 0 Å². The topological polar surface area (TPSA) is 62.1 Å². The smallest absolute Gasteiger partial charge is 0.225 e. The first-order chi connectivity index (χ1) is 9.09. The summed E-state index contributed by atoms with van der Waals surface area (Å²) in [6.45, 7) is 4.08. The summed E-state index contributed by atoms with van der Waals surface area (Å²) >= 11 is 0. The molecule has 3 rings (SSSR count). The number of likely N-dealkylation sites (tertiary alicyclic amines) is 1. The summed E-state index contributed by atoms with van der Waals surface area (Å²) in [5.74, 6) is 0.151. The van der Waals surface area contributed by atoms with Gasteiger partial charge in [0.2, 0.25) is 5.91 Å². The van der Waals surface area contributed by atoms with Crippen molar-refractivity contribution in [3.05, 3.63) is 36.0 Å². The second-order valence-corrected chi connectivity index (χ2v) is 5.50. The van der Waals surface area contributed by atoms with Gasteiger partial charge in [-0.15, -0.1) is 0 Å². The number of nitrogens with two attached hydrogens (primary N) is 1. The molecule has 1 saturated heterocycles. The van der Waals surface area contributed by atoms with Crippen molar-refractivity contribution in [1.82, 2.24) is 9.88 Å². The summed E-state index contributed by atoms with van der Waals surface area (Å²) in [5.41, 5.74) is 8.42. The maximum absolute atomic E-state index is 12.1. The quantitative estimate of drug-likeness (QED) is 0.866. The van der Waals surface area contributed by atoms with Crippen LogP contribution in [-0.4, -0.2) is 27.9 Å². The van der Waals surface area contributed by atoms with Crippen molar-refractivity contribution in [2.75, 3.05) is 0 Å². The van der Waals surface area contributed by atoms with E-state index in [0.717, 1.165) is 16.5 Å². The number of nitrogens with zero attached hydrogens (tertiary/aromatic N) is 1. The molecule has 1 aromatic carbocycles. The lowest BCUT2D eigenvalue weighted by Gasteiger charge is -2.30. The summed E-state index contributed by atoms with van der Waals surface area (Å²) < 4.78 is 0. The zero-order valence-corrected chi connectivity index (χ0v) is 11.3. The van der Waals surface area contributed by atoms with Gasteiger partial charge in [0.15, 0.2) is 0 Å². The first kappa shape index (κ1) is 12.2.